The summed E-state index contributed by atoms with van der Waals surface area (Å²) in [6.45, 7) is 6.32. The van der Waals surface area contributed by atoms with Crippen LogP contribution >= 0.6 is 23.4 Å². The van der Waals surface area contributed by atoms with E-state index in [4.69, 9.17) is 54.2 Å². The highest BCUT2D eigenvalue weighted by atomic mass is 35.5. The molecule has 9 atom stereocenters. The number of esters is 1. The van der Waals surface area contributed by atoms with Crippen LogP contribution in [-0.2, 0) is 74.9 Å². The van der Waals surface area contributed by atoms with Crippen LogP contribution in [0.15, 0.2) is 78.4 Å². The quantitative estimate of drug-likeness (QED) is 0.0487. The molecule has 9 amide bonds. The van der Waals surface area contributed by atoms with E-state index in [9.17, 15) is 53.1 Å². The zero-order valence-electron chi connectivity index (χ0n) is 52.2. The van der Waals surface area contributed by atoms with Gasteiger partial charge in [0.25, 0.3) is 28.9 Å². The average molecular weight is 1310 g/mol. The summed E-state index contributed by atoms with van der Waals surface area (Å²) in [5.41, 5.74) is -1.37. The van der Waals surface area contributed by atoms with Gasteiger partial charge in [0, 0.05) is 98.1 Å². The number of amides is 9. The summed E-state index contributed by atoms with van der Waals surface area (Å²) in [7, 11) is 8.61. The van der Waals surface area contributed by atoms with E-state index in [1.807, 2.05) is 13.0 Å². The number of hydrogen-bond acceptors (Lipinski definition) is 21. The summed E-state index contributed by atoms with van der Waals surface area (Å²) in [4.78, 5) is 139. The monoisotopic (exact) mass is 1310 g/mol. The van der Waals surface area contributed by atoms with E-state index in [2.05, 4.69) is 16.0 Å². The smallest absolute Gasteiger partial charge is 0.412 e. The number of rotatable bonds is 19. The summed E-state index contributed by atoms with van der Waals surface area (Å²) in [6, 6.07) is 6.47. The Balaban J connectivity index is 0.932. The number of halogens is 1. The van der Waals surface area contributed by atoms with Gasteiger partial charge in [-0.25, -0.2) is 19.2 Å². The number of likely N-dealkylation sites (N-methyl/N-ethyl adjacent to an activating group) is 4. The highest BCUT2D eigenvalue weighted by Gasteiger charge is 2.66. The van der Waals surface area contributed by atoms with E-state index in [1.54, 1.807) is 50.3 Å². The van der Waals surface area contributed by atoms with Crippen LogP contribution in [0.1, 0.15) is 62.0 Å². The van der Waals surface area contributed by atoms with Gasteiger partial charge in [-0.1, -0.05) is 66.2 Å². The number of methoxy groups -OCH3 is 2. The number of fused-ring (bicyclic) bond motifs is 5. The minimum absolute atomic E-state index is 0.00167. The van der Waals surface area contributed by atoms with E-state index < -0.39 is 113 Å². The van der Waals surface area contributed by atoms with Crippen molar-refractivity contribution >= 4 is 93.8 Å². The van der Waals surface area contributed by atoms with Gasteiger partial charge in [0.1, 0.15) is 54.1 Å². The molecule has 91 heavy (non-hydrogen) atoms. The predicted molar refractivity (Wildman–Crippen MR) is 329 cm³/mol. The number of alkyl carbamates (subject to hydrolysis) is 1. The fourth-order valence-electron chi connectivity index (χ4n) is 10.3. The number of benzene rings is 2. The second kappa shape index (κ2) is 31.3. The Bertz CT molecular complexity index is 3220. The number of ether oxygens (including phenoxy) is 9. The molecule has 7 rings (SSSR count). The van der Waals surface area contributed by atoms with Crippen LogP contribution < -0.4 is 25.6 Å². The molecule has 0 aromatic heterocycles. The van der Waals surface area contributed by atoms with E-state index in [-0.39, 0.29) is 99.1 Å². The average Bonchev–Trinajstić information content (AvgIpc) is 1.57. The van der Waals surface area contributed by atoms with Crippen LogP contribution in [0.4, 0.5) is 30.6 Å². The zero-order valence-corrected chi connectivity index (χ0v) is 53.8. The number of anilines is 2. The summed E-state index contributed by atoms with van der Waals surface area (Å²) < 4.78 is 50.8. The molecule has 30 heteroatoms. The molecule has 5 aliphatic rings. The number of hydrogen-bond donors (Lipinski definition) is 4. The third kappa shape index (κ3) is 17.9. The zero-order chi connectivity index (χ0) is 66.5. The number of carbonyl (C=O) groups excluding carboxylic acids is 10. The summed E-state index contributed by atoms with van der Waals surface area (Å²) in [5, 5.41) is 19.2. The Kier molecular flexibility index (Phi) is 24.2. The largest absolute Gasteiger partial charge is 0.495 e. The number of epoxide rings is 1. The van der Waals surface area contributed by atoms with Gasteiger partial charge in [0.2, 0.25) is 12.0 Å². The third-order valence-corrected chi connectivity index (χ3v) is 17.2. The topological polar surface area (TPSA) is 330 Å². The molecule has 0 spiro atoms. The molecule has 28 nitrogen and oxygen atoms in total. The van der Waals surface area contributed by atoms with Crippen molar-refractivity contribution in [1.82, 2.24) is 30.2 Å². The first-order chi connectivity index (χ1) is 43.2. The van der Waals surface area contributed by atoms with Crippen LogP contribution in [0, 0.1) is 5.92 Å². The fraction of sp³-hybridized carbons (Fsp3) is 0.508. The molecule has 2 fully saturated rings. The lowest BCUT2D eigenvalue weighted by molar-refractivity contribution is -0.165. The number of nitrogens with one attached hydrogen (secondary N) is 3. The molecule has 494 valence electrons. The standard InChI is InChI=1S/C61H77ClN8O20S/c1-35-13-11-15-46(83-10)61(81)31-45(88-57(78)65-61)36(2)51-60(4,90-51)52(54(75)69(8)43-29-39(27-35)30-44(82-9)50(43)62)89-55(76)37(3)68(7)47(71)20-26-91-59(80)67(6)24-23-66(5)58(79)86-32-38-16-17-42(64-56(77)87-40-14-12-25-84-34-85-33-40)41(28-38)53(74)63-21-22-70-48(72)18-19-49(70)73/h11-19,28-30,36-37,40,45-46,51-52,81H,20-27,31-34H2,1-10H3,(H,63,74)(H,64,77)(H,65,78)/b14-12+,15-11+,35-13+/t36-,37+,40?,45+,46-,51?,52+,60-,61+/m1/s1. The maximum atomic E-state index is 14.9. The summed E-state index contributed by atoms with van der Waals surface area (Å²) in [6.07, 6.45) is 2.70. The van der Waals surface area contributed by atoms with Crippen molar-refractivity contribution in [3.63, 3.8) is 0 Å². The molecule has 2 saturated heterocycles. The van der Waals surface area contributed by atoms with Gasteiger partial charge in [-0.05, 0) is 68.7 Å². The Labute approximate surface area is 535 Å². The third-order valence-electron chi connectivity index (χ3n) is 15.9. The predicted octanol–water partition coefficient (Wildman–Crippen LogP) is 4.70. The number of allylic oxidation sites excluding steroid dienone is 3. The van der Waals surface area contributed by atoms with Crippen molar-refractivity contribution in [3.8, 4) is 5.75 Å². The lowest BCUT2D eigenvalue weighted by atomic mass is 9.84. The molecule has 5 aliphatic heterocycles. The highest BCUT2D eigenvalue weighted by Crippen LogP contribution is 2.49. The second-order valence-corrected chi connectivity index (χ2v) is 23.9. The molecule has 0 aliphatic carbocycles. The maximum absolute atomic E-state index is 14.9. The molecule has 4 N–H and O–H groups in total. The van der Waals surface area contributed by atoms with Crippen LogP contribution in [0.25, 0.3) is 0 Å². The van der Waals surface area contributed by atoms with E-state index in [0.29, 0.717) is 17.5 Å². The van der Waals surface area contributed by atoms with Crippen molar-refractivity contribution in [3.05, 3.63) is 100 Å². The van der Waals surface area contributed by atoms with Crippen molar-refractivity contribution in [2.75, 3.05) is 105 Å². The second-order valence-electron chi connectivity index (χ2n) is 22.5. The SMILES string of the molecule is COc1cc2cc(c1Cl)N(C)C(=O)[C@H](OC(=O)[C@H](C)N(C)C(=O)CCSC(=O)N(C)CCN(C)C(=O)OCc1ccc(NC(=O)OC3/C=C/COCOC3)c(C(=O)NCCN3C(=O)C=CC3=O)c1)[C@]1(C)OC1[C@H](C)[C@@H]1C[C@@](O)(NC(=O)O1)[C@H](OC)/C=C/C=C(\C)C2. The van der Waals surface area contributed by atoms with Gasteiger partial charge < -0.3 is 72.7 Å². The molecule has 0 radical (unpaired) electrons. The molecule has 2 aromatic carbocycles. The van der Waals surface area contributed by atoms with Gasteiger partial charge in [0.05, 0.1) is 43.4 Å². The van der Waals surface area contributed by atoms with Crippen molar-refractivity contribution in [2.45, 2.75) is 101 Å². The Morgan fingerprint density at radius 2 is 1.70 bits per heavy atom. The van der Waals surface area contributed by atoms with Gasteiger partial charge in [-0.3, -0.25) is 44.3 Å². The van der Waals surface area contributed by atoms with Gasteiger partial charge in [0.15, 0.2) is 5.72 Å². The Hall–Kier alpha value is -8.06. The first kappa shape index (κ1) is 70.4. The van der Waals surface area contributed by atoms with E-state index in [0.717, 1.165) is 39.3 Å². The first-order valence-corrected chi connectivity index (χ1v) is 30.4. The Morgan fingerprint density at radius 1 is 0.978 bits per heavy atom. The number of thioether (sulfide) groups is 1. The minimum atomic E-state index is -1.92. The van der Waals surface area contributed by atoms with Gasteiger partial charge in [-0.15, -0.1) is 0 Å². The number of carbonyl (C=O) groups is 10. The normalized spacial score (nSPS) is 25.6. The maximum Gasteiger partial charge on any atom is 0.412 e. The van der Waals surface area contributed by atoms with Crippen LogP contribution in [0.2, 0.25) is 5.02 Å². The summed E-state index contributed by atoms with van der Waals surface area (Å²) in [5.74, 6) is -4.46. The summed E-state index contributed by atoms with van der Waals surface area (Å²) >= 11 is 7.70. The molecule has 2 unspecified atom stereocenters. The van der Waals surface area contributed by atoms with Gasteiger partial charge in [-0.2, -0.15) is 0 Å². The molecular formula is C61H77ClN8O20S. The Morgan fingerprint density at radius 3 is 2.42 bits per heavy atom. The molecular weight excluding hydrogens is 1230 g/mol. The highest BCUT2D eigenvalue weighted by molar-refractivity contribution is 8.13. The molecule has 2 aromatic rings. The van der Waals surface area contributed by atoms with E-state index >= 15 is 0 Å². The van der Waals surface area contributed by atoms with Crippen molar-refractivity contribution < 1.29 is 95.7 Å². The number of imide groups is 1. The van der Waals surface area contributed by atoms with Crippen LogP contribution in [-0.4, -0.2) is 226 Å². The first-order valence-electron chi connectivity index (χ1n) is 29.0. The van der Waals surface area contributed by atoms with Crippen molar-refractivity contribution in [2.24, 2.45) is 5.92 Å². The lowest BCUT2D eigenvalue weighted by Crippen LogP contribution is -2.63. The van der Waals surface area contributed by atoms with Crippen molar-refractivity contribution in [1.29, 1.82) is 0 Å². The van der Waals surface area contributed by atoms with Gasteiger partial charge >= 0.3 is 24.2 Å². The number of nitrogens with zero attached hydrogens (tertiary/aromatic N) is 5. The van der Waals surface area contributed by atoms with Crippen LogP contribution in [0.5, 0.6) is 5.75 Å². The molecule has 5 heterocycles. The lowest BCUT2D eigenvalue weighted by Gasteiger charge is -2.42. The number of aliphatic hydroxyl groups is 1. The minimum Gasteiger partial charge on any atom is -0.495 e. The van der Waals surface area contributed by atoms with Crippen LogP contribution in [0.3, 0.4) is 0 Å². The van der Waals surface area contributed by atoms with E-state index in [1.165, 1.54) is 82.2 Å². The molecule has 4 bridgehead atoms. The fourth-order valence-corrected chi connectivity index (χ4v) is 11.3. The molecule has 0 saturated carbocycles.